The molecule has 1 aromatic carbocycles. The van der Waals surface area contributed by atoms with Crippen LogP contribution < -0.4 is 5.32 Å². The second kappa shape index (κ2) is 5.73. The van der Waals surface area contributed by atoms with Gasteiger partial charge in [-0.1, -0.05) is 13.0 Å². The fraction of sp³-hybridized carbons (Fsp3) is 0.308. The van der Waals surface area contributed by atoms with Crippen LogP contribution in [0.5, 0.6) is 0 Å². The molecule has 0 aliphatic heterocycles. The number of nitrogens with one attached hydrogen (secondary N) is 1. The van der Waals surface area contributed by atoms with E-state index in [1.807, 2.05) is 6.92 Å². The van der Waals surface area contributed by atoms with Gasteiger partial charge in [0, 0.05) is 6.54 Å². The average molecular weight is 252 g/mol. The Bertz CT molecular complexity index is 505. The van der Waals surface area contributed by atoms with Crippen molar-refractivity contribution in [3.63, 3.8) is 0 Å². The highest BCUT2D eigenvalue weighted by Gasteiger charge is 2.18. The lowest BCUT2D eigenvalue weighted by atomic mass is 10.1. The van der Waals surface area contributed by atoms with Crippen LogP contribution in [0.15, 0.2) is 29.0 Å². The Morgan fingerprint density at radius 1 is 1.28 bits per heavy atom. The van der Waals surface area contributed by atoms with Gasteiger partial charge in [0.2, 0.25) is 0 Å². The van der Waals surface area contributed by atoms with E-state index in [1.165, 1.54) is 24.6 Å². The van der Waals surface area contributed by atoms with Gasteiger partial charge in [0.1, 0.15) is 17.3 Å². The third-order valence-corrected chi connectivity index (χ3v) is 2.55. The fourth-order valence-corrected chi connectivity index (χ4v) is 1.70. The molecule has 1 aromatic heterocycles. The normalized spacial score (nSPS) is 10.8. The van der Waals surface area contributed by atoms with Crippen molar-refractivity contribution in [3.8, 4) is 11.3 Å². The average Bonchev–Trinajstić information content (AvgIpc) is 2.78. The van der Waals surface area contributed by atoms with E-state index in [0.717, 1.165) is 13.0 Å². The first-order valence-corrected chi connectivity index (χ1v) is 5.81. The number of benzene rings is 1. The summed E-state index contributed by atoms with van der Waals surface area (Å²) in [5, 5.41) is 3.12. The standard InChI is InChI=1S/C13H14F2N2O/c1-2-6-16-7-11-13(18-8-17-11)12-9(14)4-3-5-10(12)15/h3-5,8,16H,2,6-7H2,1H3. The van der Waals surface area contributed by atoms with Crippen molar-refractivity contribution in [1.29, 1.82) is 0 Å². The minimum absolute atomic E-state index is 0.147. The minimum Gasteiger partial charge on any atom is -0.443 e. The van der Waals surface area contributed by atoms with Gasteiger partial charge in [-0.15, -0.1) is 0 Å². The Hall–Kier alpha value is -1.75. The molecule has 18 heavy (non-hydrogen) atoms. The molecule has 0 aliphatic rings. The van der Waals surface area contributed by atoms with Gasteiger partial charge in [0.15, 0.2) is 12.2 Å². The molecular weight excluding hydrogens is 238 g/mol. The number of halogens is 2. The smallest absolute Gasteiger partial charge is 0.181 e. The summed E-state index contributed by atoms with van der Waals surface area (Å²) in [6.07, 6.45) is 2.17. The molecule has 0 saturated heterocycles. The number of nitrogens with zero attached hydrogens (tertiary/aromatic N) is 1. The van der Waals surface area contributed by atoms with Gasteiger partial charge >= 0.3 is 0 Å². The molecule has 0 radical (unpaired) electrons. The van der Waals surface area contributed by atoms with Crippen molar-refractivity contribution in [3.05, 3.63) is 41.9 Å². The summed E-state index contributed by atoms with van der Waals surface area (Å²) < 4.78 is 32.4. The Morgan fingerprint density at radius 2 is 2.00 bits per heavy atom. The van der Waals surface area contributed by atoms with Gasteiger partial charge in [-0.05, 0) is 25.1 Å². The first-order chi connectivity index (χ1) is 8.74. The largest absolute Gasteiger partial charge is 0.443 e. The highest BCUT2D eigenvalue weighted by Crippen LogP contribution is 2.28. The van der Waals surface area contributed by atoms with Gasteiger partial charge in [-0.25, -0.2) is 13.8 Å². The molecule has 2 aromatic rings. The van der Waals surface area contributed by atoms with E-state index in [9.17, 15) is 8.78 Å². The number of rotatable bonds is 5. The Labute approximate surface area is 104 Å². The zero-order chi connectivity index (χ0) is 13.0. The van der Waals surface area contributed by atoms with Gasteiger partial charge in [0.25, 0.3) is 0 Å². The van der Waals surface area contributed by atoms with Crippen LogP contribution in [0, 0.1) is 11.6 Å². The van der Waals surface area contributed by atoms with Crippen LogP contribution in [0.4, 0.5) is 8.78 Å². The fourth-order valence-electron chi connectivity index (χ4n) is 1.70. The second-order valence-corrected chi connectivity index (χ2v) is 3.90. The van der Waals surface area contributed by atoms with Crippen molar-refractivity contribution in [1.82, 2.24) is 10.3 Å². The number of hydrogen-bond donors (Lipinski definition) is 1. The quantitative estimate of drug-likeness (QED) is 0.831. The Balaban J connectivity index is 2.31. The molecule has 0 amide bonds. The number of hydrogen-bond acceptors (Lipinski definition) is 3. The predicted octanol–water partition coefficient (Wildman–Crippen LogP) is 3.12. The molecule has 5 heteroatoms. The lowest BCUT2D eigenvalue weighted by Crippen LogP contribution is -2.14. The molecule has 0 atom stereocenters. The summed E-state index contributed by atoms with van der Waals surface area (Å²) in [5.41, 5.74) is 0.343. The summed E-state index contributed by atoms with van der Waals surface area (Å²) in [6, 6.07) is 3.72. The van der Waals surface area contributed by atoms with Gasteiger partial charge in [-0.2, -0.15) is 0 Å². The molecule has 2 rings (SSSR count). The van der Waals surface area contributed by atoms with E-state index in [2.05, 4.69) is 10.3 Å². The first kappa shape index (κ1) is 12.7. The first-order valence-electron chi connectivity index (χ1n) is 5.81. The molecule has 3 nitrogen and oxygen atoms in total. The summed E-state index contributed by atoms with van der Waals surface area (Å²) in [5.74, 6) is -1.15. The van der Waals surface area contributed by atoms with E-state index in [0.29, 0.717) is 12.2 Å². The lowest BCUT2D eigenvalue weighted by molar-refractivity contribution is 0.541. The maximum absolute atomic E-state index is 13.6. The van der Waals surface area contributed by atoms with Crippen molar-refractivity contribution in [2.24, 2.45) is 0 Å². The van der Waals surface area contributed by atoms with Crippen molar-refractivity contribution in [2.75, 3.05) is 6.54 Å². The zero-order valence-corrected chi connectivity index (χ0v) is 10.0. The molecule has 0 spiro atoms. The minimum atomic E-state index is -0.650. The van der Waals surface area contributed by atoms with Crippen LogP contribution in [0.1, 0.15) is 19.0 Å². The van der Waals surface area contributed by atoms with Crippen molar-refractivity contribution in [2.45, 2.75) is 19.9 Å². The van der Waals surface area contributed by atoms with E-state index in [1.54, 1.807) is 0 Å². The highest BCUT2D eigenvalue weighted by atomic mass is 19.1. The topological polar surface area (TPSA) is 38.1 Å². The third kappa shape index (κ3) is 2.56. The van der Waals surface area contributed by atoms with Gasteiger partial charge in [-0.3, -0.25) is 0 Å². The summed E-state index contributed by atoms with van der Waals surface area (Å²) in [4.78, 5) is 3.98. The SMILES string of the molecule is CCCNCc1ncoc1-c1c(F)cccc1F. The van der Waals surface area contributed by atoms with E-state index in [-0.39, 0.29) is 11.3 Å². The molecule has 1 N–H and O–H groups in total. The lowest BCUT2D eigenvalue weighted by Gasteiger charge is -2.05. The van der Waals surface area contributed by atoms with E-state index >= 15 is 0 Å². The van der Waals surface area contributed by atoms with Crippen LogP contribution >= 0.6 is 0 Å². The summed E-state index contributed by atoms with van der Waals surface area (Å²) in [6.45, 7) is 3.27. The van der Waals surface area contributed by atoms with Crippen LogP contribution in [0.3, 0.4) is 0 Å². The Morgan fingerprint density at radius 3 is 2.67 bits per heavy atom. The molecule has 0 bridgehead atoms. The third-order valence-electron chi connectivity index (χ3n) is 2.55. The van der Waals surface area contributed by atoms with Crippen LogP contribution in [0.2, 0.25) is 0 Å². The molecular formula is C13H14F2N2O. The van der Waals surface area contributed by atoms with Crippen molar-refractivity contribution < 1.29 is 13.2 Å². The van der Waals surface area contributed by atoms with E-state index in [4.69, 9.17) is 4.42 Å². The van der Waals surface area contributed by atoms with Gasteiger partial charge < -0.3 is 9.73 Å². The van der Waals surface area contributed by atoms with Crippen molar-refractivity contribution >= 4 is 0 Å². The van der Waals surface area contributed by atoms with Crippen LogP contribution in [0.25, 0.3) is 11.3 Å². The second-order valence-electron chi connectivity index (χ2n) is 3.90. The maximum Gasteiger partial charge on any atom is 0.181 e. The summed E-state index contributed by atoms with van der Waals surface area (Å²) >= 11 is 0. The molecule has 0 unspecified atom stereocenters. The zero-order valence-electron chi connectivity index (χ0n) is 10.0. The van der Waals surface area contributed by atoms with E-state index < -0.39 is 11.6 Å². The van der Waals surface area contributed by atoms with Crippen LogP contribution in [-0.4, -0.2) is 11.5 Å². The van der Waals surface area contributed by atoms with Gasteiger partial charge in [0.05, 0.1) is 5.56 Å². The molecule has 0 aliphatic carbocycles. The molecule has 0 fully saturated rings. The monoisotopic (exact) mass is 252 g/mol. The number of aromatic nitrogens is 1. The summed E-state index contributed by atoms with van der Waals surface area (Å²) in [7, 11) is 0. The molecule has 1 heterocycles. The highest BCUT2D eigenvalue weighted by molar-refractivity contribution is 5.61. The molecule has 96 valence electrons. The van der Waals surface area contributed by atoms with Crippen LogP contribution in [-0.2, 0) is 6.54 Å². The predicted molar refractivity (Wildman–Crippen MR) is 63.9 cm³/mol. The Kier molecular flexibility index (Phi) is 4.04. The number of oxazole rings is 1. The maximum atomic E-state index is 13.6. The molecule has 0 saturated carbocycles.